The van der Waals surface area contributed by atoms with Gasteiger partial charge in [0.15, 0.2) is 5.96 Å². The summed E-state index contributed by atoms with van der Waals surface area (Å²) >= 11 is 0. The predicted octanol–water partition coefficient (Wildman–Crippen LogP) is 3.08. The van der Waals surface area contributed by atoms with Crippen LogP contribution in [-0.2, 0) is 11.3 Å². The van der Waals surface area contributed by atoms with Gasteiger partial charge in [0.05, 0.1) is 18.2 Å². The van der Waals surface area contributed by atoms with E-state index in [0.717, 1.165) is 38.4 Å². The first-order valence-electron chi connectivity index (χ1n) is 12.0. The lowest BCUT2D eigenvalue weighted by atomic mass is 9.96. The Morgan fingerprint density at radius 2 is 1.84 bits per heavy atom. The molecule has 3 heterocycles. The van der Waals surface area contributed by atoms with Crippen molar-refractivity contribution in [2.45, 2.75) is 63.8 Å². The number of ether oxygens (including phenoxy) is 1. The Hall–Kier alpha value is -0.900. The third kappa shape index (κ3) is 7.58. The second kappa shape index (κ2) is 13.0. The molecule has 1 aromatic carbocycles. The van der Waals surface area contributed by atoms with Crippen LogP contribution in [0, 0.1) is 0 Å². The van der Waals surface area contributed by atoms with Crippen molar-refractivity contribution in [3.05, 3.63) is 35.9 Å². The van der Waals surface area contributed by atoms with E-state index in [0.29, 0.717) is 18.2 Å². The molecular formula is C24H40IN5O. The second-order valence-electron chi connectivity index (χ2n) is 8.93. The number of rotatable bonds is 9. The summed E-state index contributed by atoms with van der Waals surface area (Å²) in [6, 6.07) is 11.3. The fourth-order valence-electron chi connectivity index (χ4n) is 4.94. The number of halogens is 1. The normalized spacial score (nSPS) is 26.6. The molecule has 1 aromatic rings. The van der Waals surface area contributed by atoms with E-state index in [-0.39, 0.29) is 24.0 Å². The van der Waals surface area contributed by atoms with Crippen molar-refractivity contribution in [3.63, 3.8) is 0 Å². The molecule has 3 fully saturated rings. The van der Waals surface area contributed by atoms with Crippen LogP contribution in [-0.4, -0.2) is 79.8 Å². The van der Waals surface area contributed by atoms with E-state index in [4.69, 9.17) is 9.73 Å². The number of aliphatic imine (C=N–C) groups is 1. The Labute approximate surface area is 205 Å². The summed E-state index contributed by atoms with van der Waals surface area (Å²) in [6.45, 7) is 10.9. The van der Waals surface area contributed by atoms with E-state index in [1.165, 1.54) is 57.5 Å². The Balaban J connectivity index is 0.00000272. The lowest BCUT2D eigenvalue weighted by Crippen LogP contribution is -2.47. The molecule has 0 radical (unpaired) electrons. The Morgan fingerprint density at radius 1 is 1.06 bits per heavy atom. The highest BCUT2D eigenvalue weighted by atomic mass is 127. The number of hydrogen-bond acceptors (Lipinski definition) is 4. The quantitative estimate of drug-likeness (QED) is 0.218. The third-order valence-corrected chi connectivity index (χ3v) is 6.64. The SMILES string of the molecule is CCNC(=NCCCCN1CCN(Cc2ccccc2)CC1)NC1CC2CCC1O2.I. The van der Waals surface area contributed by atoms with Gasteiger partial charge in [-0.15, -0.1) is 24.0 Å². The van der Waals surface area contributed by atoms with E-state index < -0.39 is 0 Å². The summed E-state index contributed by atoms with van der Waals surface area (Å²) in [4.78, 5) is 10.00. The summed E-state index contributed by atoms with van der Waals surface area (Å²) < 4.78 is 5.96. The molecular weight excluding hydrogens is 501 g/mol. The van der Waals surface area contributed by atoms with Gasteiger partial charge in [0.2, 0.25) is 0 Å². The molecule has 0 saturated carbocycles. The fraction of sp³-hybridized carbons (Fsp3) is 0.708. The van der Waals surface area contributed by atoms with Crippen LogP contribution in [0.3, 0.4) is 0 Å². The maximum atomic E-state index is 5.96. The van der Waals surface area contributed by atoms with Crippen LogP contribution in [0.1, 0.15) is 44.6 Å². The summed E-state index contributed by atoms with van der Waals surface area (Å²) in [5, 5.41) is 7.01. The highest BCUT2D eigenvalue weighted by Gasteiger charge is 2.41. The maximum absolute atomic E-state index is 5.96. The van der Waals surface area contributed by atoms with Crippen molar-refractivity contribution in [3.8, 4) is 0 Å². The number of nitrogens with one attached hydrogen (secondary N) is 2. The summed E-state index contributed by atoms with van der Waals surface area (Å²) in [5.74, 6) is 0.966. The van der Waals surface area contributed by atoms with Gasteiger partial charge in [-0.2, -0.15) is 0 Å². The number of guanidine groups is 1. The predicted molar refractivity (Wildman–Crippen MR) is 138 cm³/mol. The highest BCUT2D eigenvalue weighted by Crippen LogP contribution is 2.34. The van der Waals surface area contributed by atoms with Crippen molar-refractivity contribution in [1.82, 2.24) is 20.4 Å². The van der Waals surface area contributed by atoms with Crippen LogP contribution in [0.25, 0.3) is 0 Å². The van der Waals surface area contributed by atoms with Crippen LogP contribution in [0.15, 0.2) is 35.3 Å². The third-order valence-electron chi connectivity index (χ3n) is 6.64. The summed E-state index contributed by atoms with van der Waals surface area (Å²) in [7, 11) is 0. The number of fused-ring (bicyclic) bond motifs is 2. The Morgan fingerprint density at radius 3 is 2.52 bits per heavy atom. The lowest BCUT2D eigenvalue weighted by Gasteiger charge is -2.34. The first-order valence-corrected chi connectivity index (χ1v) is 12.0. The highest BCUT2D eigenvalue weighted by molar-refractivity contribution is 14.0. The molecule has 174 valence electrons. The average Bonchev–Trinajstić information content (AvgIpc) is 3.39. The maximum Gasteiger partial charge on any atom is 0.191 e. The van der Waals surface area contributed by atoms with Gasteiger partial charge in [-0.05, 0) is 51.1 Å². The summed E-state index contributed by atoms with van der Waals surface area (Å²) in [5.41, 5.74) is 1.42. The number of nitrogens with zero attached hydrogens (tertiary/aromatic N) is 3. The average molecular weight is 542 g/mol. The van der Waals surface area contributed by atoms with E-state index >= 15 is 0 Å². The number of unbranched alkanes of at least 4 members (excludes halogenated alkanes) is 1. The molecule has 0 aliphatic carbocycles. The van der Waals surface area contributed by atoms with Gasteiger partial charge < -0.3 is 20.3 Å². The van der Waals surface area contributed by atoms with Crippen LogP contribution >= 0.6 is 24.0 Å². The van der Waals surface area contributed by atoms with E-state index in [2.05, 4.69) is 57.7 Å². The van der Waals surface area contributed by atoms with Crippen molar-refractivity contribution in [1.29, 1.82) is 0 Å². The minimum Gasteiger partial charge on any atom is -0.373 e. The standard InChI is InChI=1S/C24H39N5O.HI/c1-2-25-24(27-22-18-21-10-11-23(22)30-21)26-12-6-7-13-28-14-16-29(17-15-28)19-20-8-4-3-5-9-20;/h3-5,8-9,21-23H,2,6-7,10-19H2,1H3,(H2,25,26,27);1H. The molecule has 7 heteroatoms. The van der Waals surface area contributed by atoms with Crippen molar-refractivity contribution in [2.24, 2.45) is 4.99 Å². The smallest absolute Gasteiger partial charge is 0.191 e. The van der Waals surface area contributed by atoms with Gasteiger partial charge in [-0.1, -0.05) is 30.3 Å². The molecule has 3 unspecified atom stereocenters. The first-order chi connectivity index (χ1) is 14.8. The molecule has 2 N–H and O–H groups in total. The van der Waals surface area contributed by atoms with Crippen LogP contribution in [0.4, 0.5) is 0 Å². The molecule has 31 heavy (non-hydrogen) atoms. The molecule has 0 amide bonds. The molecule has 2 bridgehead atoms. The summed E-state index contributed by atoms with van der Waals surface area (Å²) in [6.07, 6.45) is 6.79. The molecule has 4 rings (SSSR count). The zero-order valence-corrected chi connectivity index (χ0v) is 21.3. The number of piperazine rings is 1. The van der Waals surface area contributed by atoms with Crippen LogP contribution < -0.4 is 10.6 Å². The van der Waals surface area contributed by atoms with E-state index in [1.807, 2.05) is 0 Å². The van der Waals surface area contributed by atoms with Crippen LogP contribution in [0.2, 0.25) is 0 Å². The zero-order valence-electron chi connectivity index (χ0n) is 19.0. The fourth-order valence-corrected chi connectivity index (χ4v) is 4.94. The Bertz CT molecular complexity index is 665. The van der Waals surface area contributed by atoms with Crippen molar-refractivity contribution in [2.75, 3.05) is 45.8 Å². The number of hydrogen-bond donors (Lipinski definition) is 2. The minimum atomic E-state index is 0. The van der Waals surface area contributed by atoms with Crippen molar-refractivity contribution < 1.29 is 4.74 Å². The second-order valence-corrected chi connectivity index (χ2v) is 8.93. The molecule has 0 aromatic heterocycles. The molecule has 0 spiro atoms. The Kier molecular flexibility index (Phi) is 10.3. The molecule has 3 saturated heterocycles. The number of benzene rings is 1. The first kappa shape index (κ1) is 24.7. The van der Waals surface area contributed by atoms with Gasteiger partial charge >= 0.3 is 0 Å². The minimum absolute atomic E-state index is 0. The monoisotopic (exact) mass is 541 g/mol. The van der Waals surface area contributed by atoms with Gasteiger partial charge in [-0.3, -0.25) is 9.89 Å². The van der Waals surface area contributed by atoms with Crippen LogP contribution in [0.5, 0.6) is 0 Å². The topological polar surface area (TPSA) is 52.1 Å². The van der Waals surface area contributed by atoms with Gasteiger partial charge in [0, 0.05) is 45.8 Å². The van der Waals surface area contributed by atoms with E-state index in [9.17, 15) is 0 Å². The van der Waals surface area contributed by atoms with E-state index in [1.54, 1.807) is 0 Å². The zero-order chi connectivity index (χ0) is 20.6. The molecule has 3 atom stereocenters. The molecule has 6 nitrogen and oxygen atoms in total. The molecule has 3 aliphatic rings. The van der Waals surface area contributed by atoms with Gasteiger partial charge in [0.1, 0.15) is 0 Å². The van der Waals surface area contributed by atoms with Crippen molar-refractivity contribution >= 4 is 29.9 Å². The molecule has 3 aliphatic heterocycles. The largest absolute Gasteiger partial charge is 0.373 e. The van der Waals surface area contributed by atoms with Gasteiger partial charge in [0.25, 0.3) is 0 Å². The lowest BCUT2D eigenvalue weighted by molar-refractivity contribution is 0.0992. The van der Waals surface area contributed by atoms with Gasteiger partial charge in [-0.25, -0.2) is 0 Å².